The first kappa shape index (κ1) is 8.91. The number of isocyanates is 1. The van der Waals surface area contributed by atoms with Crippen LogP contribution in [-0.4, -0.2) is 6.08 Å². The third kappa shape index (κ3) is 1.91. The average Bonchev–Trinajstić information content (AvgIpc) is 2.08. The first-order valence-electron chi connectivity index (χ1n) is 3.20. The van der Waals surface area contributed by atoms with Crippen LogP contribution in [-0.2, 0) is 11.5 Å². The third-order valence-corrected chi connectivity index (χ3v) is 1.59. The molecule has 2 nitrogen and oxygen atoms in total. The van der Waals surface area contributed by atoms with E-state index >= 15 is 0 Å². The van der Waals surface area contributed by atoms with E-state index in [1.165, 1.54) is 24.3 Å². The number of aliphatic imine (C=N–C) groups is 1. The van der Waals surface area contributed by atoms with E-state index in [2.05, 4.69) is 4.99 Å². The molecule has 1 aromatic carbocycles. The van der Waals surface area contributed by atoms with Crippen LogP contribution in [0.15, 0.2) is 23.2 Å². The van der Waals surface area contributed by atoms with Crippen LogP contribution in [0.4, 0.5) is 10.1 Å². The Labute approximate surface area is 73.7 Å². The Bertz CT molecular complexity index is 334. The van der Waals surface area contributed by atoms with E-state index in [9.17, 15) is 9.18 Å². The number of rotatable bonds is 2. The van der Waals surface area contributed by atoms with Gasteiger partial charge in [-0.3, -0.25) is 0 Å². The molecule has 0 fully saturated rings. The highest BCUT2D eigenvalue weighted by molar-refractivity contribution is 6.30. The monoisotopic (exact) mass is 185 g/mol. The van der Waals surface area contributed by atoms with Gasteiger partial charge in [-0.1, -0.05) is 11.6 Å². The van der Waals surface area contributed by atoms with Crippen LogP contribution in [0.5, 0.6) is 0 Å². The molecule has 0 aliphatic heterocycles. The molecule has 62 valence electrons. The Morgan fingerprint density at radius 2 is 2.33 bits per heavy atom. The van der Waals surface area contributed by atoms with E-state index in [-0.39, 0.29) is 5.69 Å². The number of hydrogen-bond acceptors (Lipinski definition) is 2. The van der Waals surface area contributed by atoms with E-state index in [0.29, 0.717) is 10.6 Å². The Kier molecular flexibility index (Phi) is 2.97. The largest absolute Gasteiger partial charge is 0.246 e. The lowest BCUT2D eigenvalue weighted by molar-refractivity contribution is 0.486. The molecule has 0 aliphatic rings. The van der Waals surface area contributed by atoms with Crippen molar-refractivity contribution in [2.45, 2.75) is 6.67 Å². The van der Waals surface area contributed by atoms with Gasteiger partial charge in [0.25, 0.3) is 0 Å². The van der Waals surface area contributed by atoms with Gasteiger partial charge in [-0.2, -0.15) is 4.99 Å². The minimum atomic E-state index is -0.693. The Morgan fingerprint density at radius 3 is 2.92 bits per heavy atom. The zero-order valence-corrected chi connectivity index (χ0v) is 6.81. The van der Waals surface area contributed by atoms with Crippen LogP contribution >= 0.6 is 11.6 Å². The molecule has 0 aromatic heterocycles. The van der Waals surface area contributed by atoms with Gasteiger partial charge in [0.15, 0.2) is 0 Å². The molecule has 0 bridgehead atoms. The summed E-state index contributed by atoms with van der Waals surface area (Å²) in [4.78, 5) is 13.2. The van der Waals surface area contributed by atoms with Gasteiger partial charge >= 0.3 is 0 Å². The van der Waals surface area contributed by atoms with Crippen LogP contribution in [0.25, 0.3) is 0 Å². The fourth-order valence-corrected chi connectivity index (χ4v) is 1.01. The van der Waals surface area contributed by atoms with E-state index in [1.54, 1.807) is 0 Å². The number of alkyl halides is 1. The van der Waals surface area contributed by atoms with Crippen molar-refractivity contribution in [1.82, 2.24) is 0 Å². The van der Waals surface area contributed by atoms with E-state index in [4.69, 9.17) is 11.6 Å². The SMILES string of the molecule is O=C=Nc1ccc(Cl)cc1CF. The van der Waals surface area contributed by atoms with E-state index in [0.717, 1.165) is 0 Å². The molecule has 1 rings (SSSR count). The molecule has 0 radical (unpaired) electrons. The number of nitrogens with zero attached hydrogens (tertiary/aromatic N) is 1. The van der Waals surface area contributed by atoms with Gasteiger partial charge in [-0.15, -0.1) is 0 Å². The maximum atomic E-state index is 12.2. The maximum Gasteiger partial charge on any atom is 0.240 e. The highest BCUT2D eigenvalue weighted by atomic mass is 35.5. The summed E-state index contributed by atoms with van der Waals surface area (Å²) in [6, 6.07) is 4.44. The molecule has 0 N–H and O–H groups in total. The second-order valence-corrected chi connectivity index (χ2v) is 2.55. The zero-order chi connectivity index (χ0) is 8.97. The number of carbonyl (C=O) groups excluding carboxylic acids is 1. The summed E-state index contributed by atoms with van der Waals surface area (Å²) in [5, 5.41) is 0.424. The van der Waals surface area contributed by atoms with Crippen LogP contribution in [0.3, 0.4) is 0 Å². The molecule has 12 heavy (non-hydrogen) atoms. The van der Waals surface area contributed by atoms with Crippen molar-refractivity contribution >= 4 is 23.4 Å². The molecule has 1 aromatic rings. The van der Waals surface area contributed by atoms with Crippen LogP contribution < -0.4 is 0 Å². The predicted molar refractivity (Wildman–Crippen MR) is 44.0 cm³/mol. The first-order chi connectivity index (χ1) is 5.77. The molecule has 0 unspecified atom stereocenters. The summed E-state index contributed by atoms with van der Waals surface area (Å²) < 4.78 is 12.2. The standard InChI is InChI=1S/C8H5ClFNO/c9-7-1-2-8(11-5-12)6(3-7)4-10/h1-3H,4H2. The van der Waals surface area contributed by atoms with Crippen molar-refractivity contribution in [3.8, 4) is 0 Å². The molecule has 4 heteroatoms. The molecule has 0 aliphatic carbocycles. The summed E-state index contributed by atoms with van der Waals surface area (Å²) in [6.45, 7) is -0.693. The summed E-state index contributed by atoms with van der Waals surface area (Å²) in [5.74, 6) is 0. The minimum absolute atomic E-state index is 0.275. The molecule has 0 amide bonds. The minimum Gasteiger partial charge on any atom is -0.246 e. The first-order valence-corrected chi connectivity index (χ1v) is 3.58. The smallest absolute Gasteiger partial charge is 0.240 e. The highest BCUT2D eigenvalue weighted by Gasteiger charge is 2.01. The van der Waals surface area contributed by atoms with Crippen molar-refractivity contribution in [1.29, 1.82) is 0 Å². The normalized spacial score (nSPS) is 9.17. The fourth-order valence-electron chi connectivity index (χ4n) is 0.819. The molecule has 0 heterocycles. The summed E-state index contributed by atoms with van der Waals surface area (Å²) in [5.41, 5.74) is 0.572. The van der Waals surface area contributed by atoms with Gasteiger partial charge in [-0.05, 0) is 18.2 Å². The Hall–Kier alpha value is -1.18. The van der Waals surface area contributed by atoms with Crippen molar-refractivity contribution in [2.75, 3.05) is 0 Å². The van der Waals surface area contributed by atoms with Gasteiger partial charge in [-0.25, -0.2) is 9.18 Å². The van der Waals surface area contributed by atoms with Crippen molar-refractivity contribution < 1.29 is 9.18 Å². The van der Waals surface area contributed by atoms with Gasteiger partial charge in [0.05, 0.1) is 5.69 Å². The molecule has 0 saturated heterocycles. The third-order valence-electron chi connectivity index (χ3n) is 1.35. The number of halogens is 2. The van der Waals surface area contributed by atoms with Crippen molar-refractivity contribution in [3.63, 3.8) is 0 Å². The lowest BCUT2D eigenvalue weighted by Crippen LogP contribution is -1.79. The van der Waals surface area contributed by atoms with Crippen LogP contribution in [0.2, 0.25) is 5.02 Å². The maximum absolute atomic E-state index is 12.2. The van der Waals surface area contributed by atoms with Crippen LogP contribution in [0, 0.1) is 0 Å². The number of hydrogen-bond donors (Lipinski definition) is 0. The topological polar surface area (TPSA) is 29.4 Å². The lowest BCUT2D eigenvalue weighted by Gasteiger charge is -1.98. The Morgan fingerprint density at radius 1 is 1.58 bits per heavy atom. The van der Waals surface area contributed by atoms with Gasteiger partial charge in [0.1, 0.15) is 6.67 Å². The zero-order valence-electron chi connectivity index (χ0n) is 6.05. The number of benzene rings is 1. The molecule has 0 atom stereocenters. The average molecular weight is 186 g/mol. The van der Waals surface area contributed by atoms with Gasteiger partial charge in [0.2, 0.25) is 6.08 Å². The molecule has 0 spiro atoms. The predicted octanol–water partition coefficient (Wildman–Crippen LogP) is 2.78. The molecular formula is C8H5ClFNO. The second-order valence-electron chi connectivity index (χ2n) is 2.11. The quantitative estimate of drug-likeness (QED) is 0.515. The van der Waals surface area contributed by atoms with Gasteiger partial charge in [0, 0.05) is 10.6 Å². The van der Waals surface area contributed by atoms with Gasteiger partial charge < -0.3 is 0 Å². The molecule has 0 saturated carbocycles. The van der Waals surface area contributed by atoms with Crippen LogP contribution in [0.1, 0.15) is 5.56 Å². The lowest BCUT2D eigenvalue weighted by atomic mass is 10.2. The van der Waals surface area contributed by atoms with E-state index < -0.39 is 6.67 Å². The molecular weight excluding hydrogens is 181 g/mol. The van der Waals surface area contributed by atoms with Crippen molar-refractivity contribution in [3.05, 3.63) is 28.8 Å². The fraction of sp³-hybridized carbons (Fsp3) is 0.125. The van der Waals surface area contributed by atoms with Crippen molar-refractivity contribution in [2.24, 2.45) is 4.99 Å². The summed E-state index contributed by atoms with van der Waals surface area (Å²) in [6.07, 6.45) is 1.34. The summed E-state index contributed by atoms with van der Waals surface area (Å²) in [7, 11) is 0. The highest BCUT2D eigenvalue weighted by Crippen LogP contribution is 2.23. The Balaban J connectivity index is 3.19. The van der Waals surface area contributed by atoms with E-state index in [1.807, 2.05) is 0 Å². The second kappa shape index (κ2) is 4.00. The summed E-state index contributed by atoms with van der Waals surface area (Å²) >= 11 is 5.59.